The van der Waals surface area contributed by atoms with Crippen molar-refractivity contribution in [2.75, 3.05) is 0 Å². The number of rotatable bonds is 3. The number of aliphatic imine (C=N–C) groups is 1. The Labute approximate surface area is 113 Å². The first-order valence-electron chi connectivity index (χ1n) is 5.07. The van der Waals surface area contributed by atoms with E-state index in [1.165, 1.54) is 17.8 Å². The molecule has 2 rings (SSSR count). The monoisotopic (exact) mass is 285 g/mol. The molecule has 0 aliphatic heterocycles. The van der Waals surface area contributed by atoms with Crippen LogP contribution >= 0.6 is 23.2 Å². The molecule has 2 aromatic rings. The fraction of sp³-hybridized carbons (Fsp3) is 0.182. The van der Waals surface area contributed by atoms with E-state index >= 15 is 0 Å². The predicted octanol–water partition coefficient (Wildman–Crippen LogP) is 1.73. The summed E-state index contributed by atoms with van der Waals surface area (Å²) in [6, 6.07) is 5.19. The first-order chi connectivity index (χ1) is 8.54. The van der Waals surface area contributed by atoms with Crippen molar-refractivity contribution in [3.8, 4) is 0 Å². The number of benzene rings is 1. The van der Waals surface area contributed by atoms with Crippen molar-refractivity contribution in [3.05, 3.63) is 40.0 Å². The van der Waals surface area contributed by atoms with E-state index in [2.05, 4.69) is 10.3 Å². The minimum absolute atomic E-state index is 0.160. The van der Waals surface area contributed by atoms with Gasteiger partial charge in [-0.05, 0) is 35.7 Å². The lowest BCUT2D eigenvalue weighted by atomic mass is 10.2. The molecule has 0 radical (unpaired) electrons. The maximum absolute atomic E-state index is 10.8. The highest BCUT2D eigenvalue weighted by Gasteiger charge is 2.13. The Morgan fingerprint density at radius 3 is 2.94 bits per heavy atom. The van der Waals surface area contributed by atoms with Crippen molar-refractivity contribution in [1.29, 1.82) is 0 Å². The summed E-state index contributed by atoms with van der Waals surface area (Å²) in [5.74, 6) is -0.185. The highest BCUT2D eigenvalue weighted by atomic mass is 35.5. The normalized spacial score (nSPS) is 11.8. The summed E-state index contributed by atoms with van der Waals surface area (Å²) in [5.41, 5.74) is 0.841. The Balaban J connectivity index is 2.19. The number of hydrogen-bond acceptors (Lipinski definition) is 4. The van der Waals surface area contributed by atoms with Gasteiger partial charge in [0, 0.05) is 10.6 Å². The van der Waals surface area contributed by atoms with Crippen LogP contribution in [0.5, 0.6) is 0 Å². The maximum atomic E-state index is 10.8. The van der Waals surface area contributed by atoms with Gasteiger partial charge in [-0.2, -0.15) is 0 Å². The molecule has 0 saturated carbocycles. The molecule has 0 unspecified atom stereocenters. The van der Waals surface area contributed by atoms with Crippen molar-refractivity contribution in [1.82, 2.24) is 5.27 Å². The molecule has 0 atom stereocenters. The highest BCUT2D eigenvalue weighted by Crippen LogP contribution is 2.20. The van der Waals surface area contributed by atoms with Gasteiger partial charge < -0.3 is 5.11 Å². The number of nitrogens with zero attached hydrogens (tertiary/aromatic N) is 3. The highest BCUT2D eigenvalue weighted by molar-refractivity contribution is 6.35. The largest absolute Gasteiger partial charge is 0.862 e. The van der Waals surface area contributed by atoms with E-state index < -0.39 is 0 Å². The Morgan fingerprint density at radius 2 is 2.28 bits per heavy atom. The topological polar surface area (TPSA) is 65.3 Å². The van der Waals surface area contributed by atoms with E-state index in [1.807, 2.05) is 0 Å². The molecule has 0 aliphatic rings. The van der Waals surface area contributed by atoms with Gasteiger partial charge in [0.2, 0.25) is 11.8 Å². The first-order valence-corrected chi connectivity index (χ1v) is 5.83. The fourth-order valence-corrected chi connectivity index (χ4v) is 1.84. The van der Waals surface area contributed by atoms with Crippen molar-refractivity contribution >= 4 is 35.0 Å². The summed E-state index contributed by atoms with van der Waals surface area (Å²) >= 11 is 11.8. The van der Waals surface area contributed by atoms with Crippen LogP contribution in [0.3, 0.4) is 0 Å². The number of halogens is 2. The number of aromatic nitrogens is 2. The van der Waals surface area contributed by atoms with E-state index in [9.17, 15) is 5.11 Å². The smallest absolute Gasteiger partial charge is 0.320 e. The van der Waals surface area contributed by atoms with Crippen LogP contribution in [0.1, 0.15) is 12.5 Å². The third-order valence-corrected chi connectivity index (χ3v) is 2.70. The molecule has 94 valence electrons. The second-order valence-corrected chi connectivity index (χ2v) is 4.45. The van der Waals surface area contributed by atoms with Gasteiger partial charge in [0.25, 0.3) is 6.20 Å². The Morgan fingerprint density at radius 1 is 1.50 bits per heavy atom. The minimum atomic E-state index is -0.345. The molecule has 1 aromatic heterocycles. The van der Waals surface area contributed by atoms with Crippen molar-refractivity contribution in [2.45, 2.75) is 13.5 Å². The maximum Gasteiger partial charge on any atom is 0.320 e. The summed E-state index contributed by atoms with van der Waals surface area (Å²) in [6.07, 6.45) is 1.52. The molecule has 1 aromatic carbocycles. The zero-order valence-electron chi connectivity index (χ0n) is 9.43. The van der Waals surface area contributed by atoms with Crippen LogP contribution in [-0.2, 0) is 6.54 Å². The van der Waals surface area contributed by atoms with Gasteiger partial charge in [-0.25, -0.2) is 4.99 Å². The molecule has 0 bridgehead atoms. The fourth-order valence-electron chi connectivity index (χ4n) is 1.37. The van der Waals surface area contributed by atoms with E-state index in [0.29, 0.717) is 16.6 Å². The molecular formula is C11H9Cl2N3O2. The lowest BCUT2D eigenvalue weighted by Crippen LogP contribution is -2.35. The van der Waals surface area contributed by atoms with Crippen molar-refractivity contribution < 1.29 is 14.3 Å². The molecule has 5 nitrogen and oxygen atoms in total. The molecular weight excluding hydrogens is 277 g/mol. The lowest BCUT2D eigenvalue weighted by Gasteiger charge is -1.98. The van der Waals surface area contributed by atoms with Crippen LogP contribution < -0.4 is 9.79 Å². The van der Waals surface area contributed by atoms with Crippen molar-refractivity contribution in [2.24, 2.45) is 4.99 Å². The molecule has 0 spiro atoms. The van der Waals surface area contributed by atoms with Gasteiger partial charge in [-0.3, -0.25) is 4.52 Å². The summed E-state index contributed by atoms with van der Waals surface area (Å²) in [6.45, 7) is 1.75. The van der Waals surface area contributed by atoms with Crippen LogP contribution in [0.25, 0.3) is 0 Å². The van der Waals surface area contributed by atoms with Gasteiger partial charge in [0.15, 0.2) is 0 Å². The Kier molecular flexibility index (Phi) is 3.84. The molecule has 1 heterocycles. The third kappa shape index (κ3) is 3.21. The zero-order chi connectivity index (χ0) is 13.1. The second-order valence-electron chi connectivity index (χ2n) is 3.60. The van der Waals surface area contributed by atoms with E-state index in [0.717, 1.165) is 5.56 Å². The molecule has 0 amide bonds. The molecule has 0 aliphatic carbocycles. The average Bonchev–Trinajstić information content (AvgIpc) is 2.69. The Bertz CT molecular complexity index is 592. The summed E-state index contributed by atoms with van der Waals surface area (Å²) in [5, 5.41) is 15.6. The zero-order valence-corrected chi connectivity index (χ0v) is 10.9. The van der Waals surface area contributed by atoms with E-state index in [4.69, 9.17) is 27.7 Å². The van der Waals surface area contributed by atoms with Crippen LogP contribution in [0.2, 0.25) is 10.0 Å². The molecule has 0 saturated heterocycles. The minimum Gasteiger partial charge on any atom is -0.862 e. The quantitative estimate of drug-likeness (QED) is 0.490. The summed E-state index contributed by atoms with van der Waals surface area (Å²) in [7, 11) is 0. The number of hydrogen-bond donors (Lipinski definition) is 0. The predicted molar refractivity (Wildman–Crippen MR) is 65.0 cm³/mol. The van der Waals surface area contributed by atoms with Gasteiger partial charge in [-0.1, -0.05) is 23.2 Å². The second kappa shape index (κ2) is 5.37. The molecule has 0 fully saturated rings. The SMILES string of the molecule is C/C([O-])=N\c1c[n+](Cc2ccc(Cl)cc2Cl)no1. The average molecular weight is 286 g/mol. The van der Waals surface area contributed by atoms with Crippen LogP contribution in [0.4, 0.5) is 5.88 Å². The standard InChI is InChI=1S/C11H9Cl2N3O2/c1-7(17)14-11-6-16(15-18-11)5-8-2-3-9(12)4-10(8)13/h2-4,6H,5H2,1H3. The summed E-state index contributed by atoms with van der Waals surface area (Å²) in [4.78, 5) is 3.62. The van der Waals surface area contributed by atoms with E-state index in [-0.39, 0.29) is 11.8 Å². The first kappa shape index (κ1) is 12.9. The van der Waals surface area contributed by atoms with Crippen LogP contribution in [0, 0.1) is 0 Å². The van der Waals surface area contributed by atoms with Gasteiger partial charge in [-0.15, -0.1) is 0 Å². The lowest BCUT2D eigenvalue weighted by molar-refractivity contribution is -0.754. The van der Waals surface area contributed by atoms with Crippen LogP contribution in [0.15, 0.2) is 33.9 Å². The van der Waals surface area contributed by atoms with E-state index in [1.54, 1.807) is 18.2 Å². The van der Waals surface area contributed by atoms with Gasteiger partial charge in [0.05, 0.1) is 5.02 Å². The third-order valence-electron chi connectivity index (χ3n) is 2.11. The molecule has 0 N–H and O–H groups in total. The van der Waals surface area contributed by atoms with Gasteiger partial charge in [0.1, 0.15) is 0 Å². The molecule has 7 heteroatoms. The molecule has 18 heavy (non-hydrogen) atoms. The van der Waals surface area contributed by atoms with Gasteiger partial charge >= 0.3 is 5.88 Å². The summed E-state index contributed by atoms with van der Waals surface area (Å²) < 4.78 is 6.36. The Hall–Kier alpha value is -1.59. The van der Waals surface area contributed by atoms with Crippen LogP contribution in [-0.4, -0.2) is 11.2 Å². The van der Waals surface area contributed by atoms with Crippen molar-refractivity contribution in [3.63, 3.8) is 0 Å².